The highest BCUT2D eigenvalue weighted by Gasteiger charge is 2.11. The first-order valence-corrected chi connectivity index (χ1v) is 6.48. The maximum absolute atomic E-state index is 12.9. The van der Waals surface area contributed by atoms with Gasteiger partial charge in [-0.15, -0.1) is 0 Å². The lowest BCUT2D eigenvalue weighted by atomic mass is 10.1. The molecule has 2 aromatic rings. The van der Waals surface area contributed by atoms with E-state index in [1.165, 1.54) is 12.1 Å². The quantitative estimate of drug-likeness (QED) is 0.891. The Morgan fingerprint density at radius 1 is 1.00 bits per heavy atom. The molecule has 0 aliphatic rings. The van der Waals surface area contributed by atoms with Gasteiger partial charge in [-0.05, 0) is 52.0 Å². The van der Waals surface area contributed by atoms with Gasteiger partial charge in [-0.25, -0.2) is 14.4 Å². The Kier molecular flexibility index (Phi) is 3.88. The average molecular weight is 274 g/mol. The summed E-state index contributed by atoms with van der Waals surface area (Å²) in [6.07, 6.45) is 0. The number of hydrogen-bond donors (Lipinski definition) is 2. The van der Waals surface area contributed by atoms with E-state index in [-0.39, 0.29) is 11.4 Å². The highest BCUT2D eigenvalue weighted by atomic mass is 19.1. The van der Waals surface area contributed by atoms with Gasteiger partial charge in [-0.1, -0.05) is 0 Å². The van der Waals surface area contributed by atoms with E-state index < -0.39 is 0 Å². The molecule has 2 N–H and O–H groups in total. The van der Waals surface area contributed by atoms with Crippen molar-refractivity contribution in [3.05, 3.63) is 42.0 Å². The van der Waals surface area contributed by atoms with Gasteiger partial charge in [-0.3, -0.25) is 0 Å². The van der Waals surface area contributed by atoms with Gasteiger partial charge < -0.3 is 10.6 Å². The summed E-state index contributed by atoms with van der Waals surface area (Å²) in [5.41, 5.74) is 0.708. The van der Waals surface area contributed by atoms with E-state index in [1.807, 2.05) is 13.0 Å². The van der Waals surface area contributed by atoms with Crippen molar-refractivity contribution in [2.45, 2.75) is 33.2 Å². The van der Waals surface area contributed by atoms with Crippen molar-refractivity contribution in [3.8, 4) is 0 Å². The molecule has 0 bridgehead atoms. The smallest absolute Gasteiger partial charge is 0.136 e. The fourth-order valence-corrected chi connectivity index (χ4v) is 1.76. The third-order valence-electron chi connectivity index (χ3n) is 2.46. The van der Waals surface area contributed by atoms with Gasteiger partial charge in [0.15, 0.2) is 0 Å². The van der Waals surface area contributed by atoms with Crippen molar-refractivity contribution in [3.63, 3.8) is 0 Å². The van der Waals surface area contributed by atoms with E-state index >= 15 is 0 Å². The van der Waals surface area contributed by atoms with Crippen LogP contribution in [0.4, 0.5) is 21.7 Å². The Bertz CT molecular complexity index is 588. The Morgan fingerprint density at radius 2 is 1.60 bits per heavy atom. The molecule has 0 amide bonds. The van der Waals surface area contributed by atoms with Crippen LogP contribution in [0.15, 0.2) is 30.3 Å². The molecule has 1 heterocycles. The van der Waals surface area contributed by atoms with Crippen molar-refractivity contribution in [1.82, 2.24) is 9.97 Å². The summed E-state index contributed by atoms with van der Waals surface area (Å²) in [5.74, 6) is 1.85. The molecule has 0 aliphatic heterocycles. The molecule has 1 aromatic carbocycles. The van der Waals surface area contributed by atoms with E-state index in [0.29, 0.717) is 11.6 Å². The molecule has 0 fully saturated rings. The lowest BCUT2D eigenvalue weighted by Crippen LogP contribution is -2.26. The molecule has 20 heavy (non-hydrogen) atoms. The number of nitrogens with one attached hydrogen (secondary N) is 2. The largest absolute Gasteiger partial charge is 0.365 e. The van der Waals surface area contributed by atoms with Crippen LogP contribution in [-0.4, -0.2) is 15.5 Å². The zero-order valence-electron chi connectivity index (χ0n) is 12.2. The van der Waals surface area contributed by atoms with Crippen LogP contribution in [0.5, 0.6) is 0 Å². The van der Waals surface area contributed by atoms with Crippen LogP contribution in [0, 0.1) is 12.7 Å². The van der Waals surface area contributed by atoms with E-state index in [0.717, 1.165) is 11.5 Å². The van der Waals surface area contributed by atoms with Crippen LogP contribution >= 0.6 is 0 Å². The number of hydrogen-bond acceptors (Lipinski definition) is 4. The first kappa shape index (κ1) is 14.2. The van der Waals surface area contributed by atoms with Gasteiger partial charge in [0.25, 0.3) is 0 Å². The minimum absolute atomic E-state index is 0.0755. The predicted molar refractivity (Wildman–Crippen MR) is 79.8 cm³/mol. The summed E-state index contributed by atoms with van der Waals surface area (Å²) in [4.78, 5) is 8.68. The molecule has 5 heteroatoms. The number of anilines is 3. The minimum atomic E-state index is -0.260. The molecule has 4 nitrogen and oxygen atoms in total. The second-order valence-corrected chi connectivity index (χ2v) is 5.69. The van der Waals surface area contributed by atoms with Gasteiger partial charge in [0.05, 0.1) is 0 Å². The molecule has 0 saturated carbocycles. The van der Waals surface area contributed by atoms with Crippen LogP contribution in [0.25, 0.3) is 0 Å². The number of benzene rings is 1. The van der Waals surface area contributed by atoms with E-state index in [1.54, 1.807) is 12.1 Å². The predicted octanol–water partition coefficient (Wildman–Crippen LogP) is 3.88. The minimum Gasteiger partial charge on any atom is -0.365 e. The maximum atomic E-state index is 12.9. The molecule has 2 rings (SSSR count). The highest BCUT2D eigenvalue weighted by molar-refractivity contribution is 5.59. The van der Waals surface area contributed by atoms with Crippen LogP contribution in [0.2, 0.25) is 0 Å². The summed E-state index contributed by atoms with van der Waals surface area (Å²) in [6.45, 7) is 8.04. The molecule has 0 radical (unpaired) electrons. The Balaban J connectivity index is 2.21. The van der Waals surface area contributed by atoms with Crippen molar-refractivity contribution < 1.29 is 4.39 Å². The van der Waals surface area contributed by atoms with Gasteiger partial charge in [0.1, 0.15) is 23.3 Å². The van der Waals surface area contributed by atoms with Crippen molar-refractivity contribution in [1.29, 1.82) is 0 Å². The van der Waals surface area contributed by atoms with E-state index in [2.05, 4.69) is 41.4 Å². The monoisotopic (exact) mass is 274 g/mol. The number of aromatic nitrogens is 2. The fraction of sp³-hybridized carbons (Fsp3) is 0.333. The second kappa shape index (κ2) is 5.45. The van der Waals surface area contributed by atoms with Crippen LogP contribution in [0.3, 0.4) is 0 Å². The molecule has 1 aromatic heterocycles. The van der Waals surface area contributed by atoms with Gasteiger partial charge >= 0.3 is 0 Å². The third kappa shape index (κ3) is 4.19. The van der Waals surface area contributed by atoms with Crippen LogP contribution in [0.1, 0.15) is 26.6 Å². The number of rotatable bonds is 3. The highest BCUT2D eigenvalue weighted by Crippen LogP contribution is 2.19. The molecule has 0 aliphatic carbocycles. The number of halogens is 1. The second-order valence-electron chi connectivity index (χ2n) is 5.69. The topological polar surface area (TPSA) is 49.8 Å². The van der Waals surface area contributed by atoms with Crippen LogP contribution < -0.4 is 10.6 Å². The number of aryl methyl sites for hydroxylation is 1. The van der Waals surface area contributed by atoms with Crippen molar-refractivity contribution in [2.75, 3.05) is 10.6 Å². The standard InChI is InChI=1S/C15H19FN4/c1-10-17-13(9-14(18-10)20-15(2,3)4)19-12-7-5-11(16)6-8-12/h5-9H,1-4H3,(H2,17,18,19,20). The summed E-state index contributed by atoms with van der Waals surface area (Å²) in [7, 11) is 0. The van der Waals surface area contributed by atoms with Gasteiger partial charge in [0, 0.05) is 17.3 Å². The molecular formula is C15H19FN4. The molecule has 0 saturated heterocycles. The van der Waals surface area contributed by atoms with Crippen molar-refractivity contribution >= 4 is 17.3 Å². The molecule has 0 atom stereocenters. The first-order valence-electron chi connectivity index (χ1n) is 6.48. The first-order chi connectivity index (χ1) is 9.32. The third-order valence-corrected chi connectivity index (χ3v) is 2.46. The number of nitrogens with zero attached hydrogens (tertiary/aromatic N) is 2. The van der Waals surface area contributed by atoms with E-state index in [4.69, 9.17) is 0 Å². The lowest BCUT2D eigenvalue weighted by Gasteiger charge is -2.21. The normalized spacial score (nSPS) is 11.2. The summed E-state index contributed by atoms with van der Waals surface area (Å²) in [5, 5.41) is 6.45. The fourth-order valence-electron chi connectivity index (χ4n) is 1.76. The zero-order chi connectivity index (χ0) is 14.8. The Hall–Kier alpha value is -2.17. The zero-order valence-corrected chi connectivity index (χ0v) is 12.2. The SMILES string of the molecule is Cc1nc(Nc2ccc(F)cc2)cc(NC(C)(C)C)n1. The molecule has 0 spiro atoms. The van der Waals surface area contributed by atoms with Gasteiger partial charge in [0.2, 0.25) is 0 Å². The molecular weight excluding hydrogens is 255 g/mol. The molecule has 0 unspecified atom stereocenters. The van der Waals surface area contributed by atoms with Gasteiger partial charge in [-0.2, -0.15) is 0 Å². The Morgan fingerprint density at radius 3 is 2.20 bits per heavy atom. The van der Waals surface area contributed by atoms with Crippen molar-refractivity contribution in [2.24, 2.45) is 0 Å². The lowest BCUT2D eigenvalue weighted by molar-refractivity contribution is 0.628. The molecule has 106 valence electrons. The summed E-state index contributed by atoms with van der Waals surface area (Å²) >= 11 is 0. The summed E-state index contributed by atoms with van der Waals surface area (Å²) < 4.78 is 12.9. The van der Waals surface area contributed by atoms with Crippen LogP contribution in [-0.2, 0) is 0 Å². The van der Waals surface area contributed by atoms with E-state index in [9.17, 15) is 4.39 Å². The average Bonchev–Trinajstić information content (AvgIpc) is 2.29. The Labute approximate surface area is 118 Å². The summed E-state index contributed by atoms with van der Waals surface area (Å²) in [6, 6.07) is 7.99. The maximum Gasteiger partial charge on any atom is 0.136 e.